The summed E-state index contributed by atoms with van der Waals surface area (Å²) in [4.78, 5) is 0. The van der Waals surface area contributed by atoms with Gasteiger partial charge in [-0.25, -0.2) is 0 Å². The third kappa shape index (κ3) is 2.24. The van der Waals surface area contributed by atoms with E-state index in [9.17, 15) is 0 Å². The Hall–Kier alpha value is 0.394. The van der Waals surface area contributed by atoms with E-state index in [2.05, 4.69) is 30.4 Å². The van der Waals surface area contributed by atoms with Crippen LogP contribution in [0.3, 0.4) is 0 Å². The highest BCUT2D eigenvalue weighted by Crippen LogP contribution is 2.41. The molecule has 15 heavy (non-hydrogen) atoms. The van der Waals surface area contributed by atoms with Crippen LogP contribution in [0, 0.1) is 0 Å². The summed E-state index contributed by atoms with van der Waals surface area (Å²) in [5.41, 5.74) is 0. The monoisotopic (exact) mass is 241 g/mol. The van der Waals surface area contributed by atoms with Gasteiger partial charge in [0.2, 0.25) is 0 Å². The average molecular weight is 242 g/mol. The van der Waals surface area contributed by atoms with Gasteiger partial charge in [-0.2, -0.15) is 0 Å². The van der Waals surface area contributed by atoms with Gasteiger partial charge in [-0.15, -0.1) is 0 Å². The molecule has 88 valence electrons. The fourth-order valence-electron chi connectivity index (χ4n) is 4.00. The predicted octanol–water partition coefficient (Wildman–Crippen LogP) is 4.04. The molecule has 0 radical (unpaired) electrons. The second-order valence-corrected chi connectivity index (χ2v) is 16.4. The molecule has 0 aromatic heterocycles. The van der Waals surface area contributed by atoms with Crippen molar-refractivity contribution in [2.24, 2.45) is 0 Å². The minimum atomic E-state index is -0.997. The maximum atomic E-state index is 3.12. The van der Waals surface area contributed by atoms with Crippen LogP contribution < -0.4 is 0 Å². The molecule has 1 aliphatic carbocycles. The van der Waals surface area contributed by atoms with Crippen LogP contribution in [0.15, 0.2) is 0 Å². The Bertz CT molecular complexity index is 216. The molecule has 1 aliphatic heterocycles. The van der Waals surface area contributed by atoms with Crippen LogP contribution in [0.1, 0.15) is 32.1 Å². The Morgan fingerprint density at radius 2 is 1.27 bits per heavy atom. The molecule has 0 spiro atoms. The van der Waals surface area contributed by atoms with Gasteiger partial charge in [0.1, 0.15) is 16.5 Å². The summed E-state index contributed by atoms with van der Waals surface area (Å²) < 4.78 is 3.12. The van der Waals surface area contributed by atoms with Crippen molar-refractivity contribution in [2.45, 2.75) is 76.4 Å². The van der Waals surface area contributed by atoms with Crippen LogP contribution >= 0.6 is 0 Å². The predicted molar refractivity (Wildman–Crippen MR) is 73.3 cm³/mol. The van der Waals surface area contributed by atoms with Gasteiger partial charge in [-0.1, -0.05) is 45.5 Å². The maximum Gasteiger partial charge on any atom is 0.115 e. The Kier molecular flexibility index (Phi) is 3.17. The molecule has 1 saturated heterocycles. The normalized spacial score (nSPS) is 32.0. The van der Waals surface area contributed by atoms with Crippen molar-refractivity contribution in [1.82, 2.24) is 4.23 Å². The minimum Gasteiger partial charge on any atom is -0.343 e. The molecule has 0 aromatic rings. The van der Waals surface area contributed by atoms with Gasteiger partial charge in [0.25, 0.3) is 0 Å². The highest BCUT2D eigenvalue weighted by molar-refractivity contribution is 6.95. The third-order valence-corrected chi connectivity index (χ3v) is 15.0. The van der Waals surface area contributed by atoms with Crippen molar-refractivity contribution < 1.29 is 0 Å². The van der Waals surface area contributed by atoms with E-state index >= 15 is 0 Å². The summed E-state index contributed by atoms with van der Waals surface area (Å²) in [7, 11) is -1.99. The Labute approximate surface area is 97.4 Å². The Morgan fingerprint density at radius 3 is 1.73 bits per heavy atom. The number of hydrogen-bond donors (Lipinski definition) is 0. The standard InChI is InChI=1S/C12H27NSi2/c1-14(2)10-11-15(3,4)13(14)12-8-6-5-7-9-12/h12H,5-11H2,1-4H3. The maximum absolute atomic E-state index is 3.12. The molecule has 1 nitrogen and oxygen atoms in total. The van der Waals surface area contributed by atoms with Crippen LogP contribution in [0.5, 0.6) is 0 Å². The first-order chi connectivity index (χ1) is 6.93. The molecule has 2 fully saturated rings. The number of nitrogens with zero attached hydrogens (tertiary/aromatic N) is 1. The first kappa shape index (κ1) is 11.9. The highest BCUT2D eigenvalue weighted by Gasteiger charge is 2.49. The number of hydrogen-bond acceptors (Lipinski definition) is 1. The van der Waals surface area contributed by atoms with Gasteiger partial charge in [0.15, 0.2) is 0 Å². The molecule has 3 heteroatoms. The zero-order valence-corrected chi connectivity index (χ0v) is 13.0. The summed E-state index contributed by atoms with van der Waals surface area (Å²) in [6.45, 7) is 10.5. The summed E-state index contributed by atoms with van der Waals surface area (Å²) in [6, 6.07) is 4.13. The molecule has 0 unspecified atom stereocenters. The smallest absolute Gasteiger partial charge is 0.115 e. The highest BCUT2D eigenvalue weighted by atomic mass is 28.4. The van der Waals surface area contributed by atoms with Crippen molar-refractivity contribution in [3.8, 4) is 0 Å². The van der Waals surface area contributed by atoms with E-state index in [1.54, 1.807) is 12.1 Å². The topological polar surface area (TPSA) is 3.24 Å². The van der Waals surface area contributed by atoms with Gasteiger partial charge in [0.05, 0.1) is 0 Å². The lowest BCUT2D eigenvalue weighted by molar-refractivity contribution is 0.328. The summed E-state index contributed by atoms with van der Waals surface area (Å²) in [6.07, 6.45) is 7.50. The van der Waals surface area contributed by atoms with Gasteiger partial charge >= 0.3 is 0 Å². The fraction of sp³-hybridized carbons (Fsp3) is 1.00. The van der Waals surface area contributed by atoms with Crippen LogP contribution in [0.25, 0.3) is 0 Å². The van der Waals surface area contributed by atoms with Crippen LogP contribution in [0.2, 0.25) is 38.3 Å². The molecule has 2 aliphatic rings. The lowest BCUT2D eigenvalue weighted by atomic mass is 9.96. The molecule has 0 amide bonds. The molecule has 1 heterocycles. The molecular weight excluding hydrogens is 214 g/mol. The second-order valence-electron chi connectivity index (χ2n) is 6.79. The molecule has 0 aromatic carbocycles. The van der Waals surface area contributed by atoms with E-state index in [0.29, 0.717) is 0 Å². The van der Waals surface area contributed by atoms with E-state index in [1.807, 2.05) is 0 Å². The van der Waals surface area contributed by atoms with E-state index < -0.39 is 16.5 Å². The van der Waals surface area contributed by atoms with Gasteiger partial charge in [0, 0.05) is 0 Å². The lowest BCUT2D eigenvalue weighted by Gasteiger charge is -2.46. The molecular formula is C12H27NSi2. The van der Waals surface area contributed by atoms with Gasteiger partial charge < -0.3 is 4.23 Å². The molecule has 0 bridgehead atoms. The zero-order chi connectivity index (χ0) is 11.1. The van der Waals surface area contributed by atoms with Gasteiger partial charge in [-0.3, -0.25) is 0 Å². The summed E-state index contributed by atoms with van der Waals surface area (Å²) in [5, 5.41) is 0. The van der Waals surface area contributed by atoms with Crippen molar-refractivity contribution >= 4 is 16.5 Å². The largest absolute Gasteiger partial charge is 0.343 e. The van der Waals surface area contributed by atoms with Crippen molar-refractivity contribution in [3.05, 3.63) is 0 Å². The Morgan fingerprint density at radius 1 is 0.800 bits per heavy atom. The van der Waals surface area contributed by atoms with E-state index in [0.717, 1.165) is 6.04 Å². The van der Waals surface area contributed by atoms with Gasteiger partial charge in [-0.05, 0) is 31.0 Å². The molecule has 0 N–H and O–H groups in total. The summed E-state index contributed by atoms with van der Waals surface area (Å²) in [5.74, 6) is 0. The van der Waals surface area contributed by atoms with Crippen molar-refractivity contribution in [3.63, 3.8) is 0 Å². The number of rotatable bonds is 1. The lowest BCUT2D eigenvalue weighted by Crippen LogP contribution is -2.59. The van der Waals surface area contributed by atoms with Crippen LogP contribution in [-0.4, -0.2) is 26.7 Å². The quantitative estimate of drug-likeness (QED) is 0.626. The first-order valence-corrected chi connectivity index (χ1v) is 13.0. The second kappa shape index (κ2) is 4.00. The SMILES string of the molecule is C[Si]1(C)CC[Si](C)(C)N1C1CCCCC1. The first-order valence-electron chi connectivity index (χ1n) is 6.73. The molecule has 0 atom stereocenters. The van der Waals surface area contributed by atoms with Crippen molar-refractivity contribution in [2.75, 3.05) is 0 Å². The van der Waals surface area contributed by atoms with E-state index in [4.69, 9.17) is 0 Å². The van der Waals surface area contributed by atoms with E-state index in [-0.39, 0.29) is 0 Å². The third-order valence-electron chi connectivity index (χ3n) is 4.59. The fourth-order valence-corrected chi connectivity index (χ4v) is 19.1. The van der Waals surface area contributed by atoms with Crippen LogP contribution in [0.4, 0.5) is 0 Å². The van der Waals surface area contributed by atoms with Crippen molar-refractivity contribution in [1.29, 1.82) is 0 Å². The molecule has 2 rings (SSSR count). The van der Waals surface area contributed by atoms with Crippen LogP contribution in [-0.2, 0) is 0 Å². The zero-order valence-electron chi connectivity index (χ0n) is 11.0. The average Bonchev–Trinajstić information content (AvgIpc) is 2.37. The Balaban J connectivity index is 2.16. The minimum absolute atomic E-state index is 0.990. The van der Waals surface area contributed by atoms with E-state index in [1.165, 1.54) is 32.1 Å². The molecule has 1 saturated carbocycles. The summed E-state index contributed by atoms with van der Waals surface area (Å²) >= 11 is 0.